The van der Waals surface area contributed by atoms with Crippen LogP contribution in [-0.2, 0) is 6.54 Å². The molecular weight excluding hydrogens is 401 g/mol. The lowest BCUT2D eigenvalue weighted by atomic mass is 9.95. The third-order valence-electron chi connectivity index (χ3n) is 5.63. The van der Waals surface area contributed by atoms with Gasteiger partial charge in [-0.15, -0.1) is 0 Å². The molecule has 0 atom stereocenters. The Morgan fingerprint density at radius 2 is 1.47 bits per heavy atom. The number of fused-ring (bicyclic) bond motifs is 1. The van der Waals surface area contributed by atoms with Gasteiger partial charge in [-0.1, -0.05) is 66.7 Å². The molecule has 0 aliphatic rings. The largest absolute Gasteiger partial charge is 0.354 e. The molecule has 5 rings (SSSR count). The number of H-pyrrole nitrogens is 1. The van der Waals surface area contributed by atoms with Crippen LogP contribution in [0.2, 0.25) is 0 Å². The van der Waals surface area contributed by atoms with Gasteiger partial charge in [-0.05, 0) is 29.3 Å². The summed E-state index contributed by atoms with van der Waals surface area (Å²) in [4.78, 5) is 20.6. The van der Waals surface area contributed by atoms with Crippen molar-refractivity contribution in [2.75, 3.05) is 0 Å². The number of nitrogens with one attached hydrogen (secondary N) is 1. The topological polar surface area (TPSA) is 73.4 Å². The lowest BCUT2D eigenvalue weighted by molar-refractivity contribution is -0.386. The standard InChI is InChI=1S/C27H20FN3O/c28-21-12-10-19(11-13-21)24-16-30-27(32)23-14-22(18-4-2-1-3-5-18)25(31-26(23)24)20-8-6-17(15-29)7-9-20/h1-14,16H,15,29H2,(H,30,32)/p+1. The Balaban J connectivity index is 1.83. The first kappa shape index (κ1) is 19.8. The third kappa shape index (κ3) is 3.59. The molecule has 5 aromatic rings. The van der Waals surface area contributed by atoms with E-state index in [1.165, 1.54) is 12.1 Å². The fourth-order valence-corrected chi connectivity index (χ4v) is 3.91. The zero-order valence-electron chi connectivity index (χ0n) is 17.3. The van der Waals surface area contributed by atoms with E-state index < -0.39 is 0 Å². The van der Waals surface area contributed by atoms with Crippen LogP contribution in [0.1, 0.15) is 5.56 Å². The minimum Gasteiger partial charge on any atom is -0.354 e. The van der Waals surface area contributed by atoms with Crippen molar-refractivity contribution in [1.29, 1.82) is 0 Å². The van der Waals surface area contributed by atoms with Crippen molar-refractivity contribution in [2.24, 2.45) is 0 Å². The van der Waals surface area contributed by atoms with Crippen LogP contribution >= 0.6 is 0 Å². The Morgan fingerprint density at radius 1 is 0.812 bits per heavy atom. The number of aromatic nitrogens is 2. The molecule has 0 spiro atoms. The number of pyridine rings is 2. The number of quaternary nitrogens is 1. The van der Waals surface area contributed by atoms with Crippen LogP contribution in [0.15, 0.2) is 95.9 Å². The predicted molar refractivity (Wildman–Crippen MR) is 125 cm³/mol. The average molecular weight is 422 g/mol. The Hall–Kier alpha value is -4.09. The highest BCUT2D eigenvalue weighted by atomic mass is 19.1. The van der Waals surface area contributed by atoms with Gasteiger partial charge in [0.25, 0.3) is 5.56 Å². The molecular formula is C27H21FN3O+. The van der Waals surface area contributed by atoms with E-state index in [4.69, 9.17) is 4.98 Å². The number of nitrogens with zero attached hydrogens (tertiary/aromatic N) is 1. The molecule has 0 aliphatic carbocycles. The second-order valence-corrected chi connectivity index (χ2v) is 7.63. The van der Waals surface area contributed by atoms with Crippen molar-refractivity contribution in [3.05, 3.63) is 113 Å². The predicted octanol–water partition coefficient (Wildman–Crippen LogP) is 4.81. The smallest absolute Gasteiger partial charge is 0.257 e. The van der Waals surface area contributed by atoms with Gasteiger partial charge in [0.05, 0.1) is 23.1 Å². The molecule has 0 saturated carbocycles. The Labute approximate surface area is 184 Å². The van der Waals surface area contributed by atoms with Gasteiger partial charge in [0.15, 0.2) is 0 Å². The van der Waals surface area contributed by atoms with Crippen LogP contribution in [0.3, 0.4) is 0 Å². The molecule has 3 aromatic carbocycles. The van der Waals surface area contributed by atoms with Crippen LogP contribution in [-0.4, -0.2) is 9.97 Å². The summed E-state index contributed by atoms with van der Waals surface area (Å²) in [6, 6.07) is 26.2. The molecule has 0 fully saturated rings. The van der Waals surface area contributed by atoms with Crippen LogP contribution < -0.4 is 11.3 Å². The molecule has 0 bridgehead atoms. The molecule has 0 amide bonds. The van der Waals surface area contributed by atoms with Crippen LogP contribution in [0.4, 0.5) is 4.39 Å². The van der Waals surface area contributed by atoms with E-state index in [0.29, 0.717) is 17.4 Å². The van der Waals surface area contributed by atoms with Crippen molar-refractivity contribution in [2.45, 2.75) is 6.54 Å². The van der Waals surface area contributed by atoms with E-state index in [1.807, 2.05) is 60.7 Å². The molecule has 4 N–H and O–H groups in total. The molecule has 2 aromatic heterocycles. The van der Waals surface area contributed by atoms with Crippen molar-refractivity contribution < 1.29 is 10.1 Å². The number of rotatable bonds is 4. The van der Waals surface area contributed by atoms with E-state index >= 15 is 0 Å². The van der Waals surface area contributed by atoms with Gasteiger partial charge < -0.3 is 10.7 Å². The molecule has 0 radical (unpaired) electrons. The quantitative estimate of drug-likeness (QED) is 0.436. The SMILES string of the molecule is [NH3+]Cc1ccc(-c2nc3c(-c4ccc(F)cc4)c[nH]c(=O)c3cc2-c2ccccc2)cc1. The van der Waals surface area contributed by atoms with Crippen molar-refractivity contribution in [3.8, 4) is 33.5 Å². The minimum atomic E-state index is -0.312. The van der Waals surface area contributed by atoms with Crippen LogP contribution in [0.25, 0.3) is 44.4 Å². The first-order valence-corrected chi connectivity index (χ1v) is 10.4. The number of halogens is 1. The van der Waals surface area contributed by atoms with Gasteiger partial charge in [0.2, 0.25) is 0 Å². The first-order chi connectivity index (χ1) is 15.6. The Kier molecular flexibility index (Phi) is 5.09. The second kappa shape index (κ2) is 8.21. The monoisotopic (exact) mass is 422 g/mol. The minimum absolute atomic E-state index is 0.213. The lowest BCUT2D eigenvalue weighted by Gasteiger charge is -2.14. The summed E-state index contributed by atoms with van der Waals surface area (Å²) in [5.74, 6) is -0.312. The van der Waals surface area contributed by atoms with Crippen molar-refractivity contribution in [3.63, 3.8) is 0 Å². The number of hydrogen-bond acceptors (Lipinski definition) is 2. The van der Waals surface area contributed by atoms with Gasteiger partial charge >= 0.3 is 0 Å². The highest BCUT2D eigenvalue weighted by Gasteiger charge is 2.16. The molecule has 4 nitrogen and oxygen atoms in total. The first-order valence-electron chi connectivity index (χ1n) is 10.4. The third-order valence-corrected chi connectivity index (χ3v) is 5.63. The fourth-order valence-electron chi connectivity index (χ4n) is 3.91. The van der Waals surface area contributed by atoms with E-state index in [2.05, 4.69) is 10.7 Å². The summed E-state index contributed by atoms with van der Waals surface area (Å²) < 4.78 is 13.5. The average Bonchev–Trinajstić information content (AvgIpc) is 2.85. The maximum absolute atomic E-state index is 13.5. The summed E-state index contributed by atoms with van der Waals surface area (Å²) in [7, 11) is 0. The summed E-state index contributed by atoms with van der Waals surface area (Å²) in [6.45, 7) is 0.709. The maximum atomic E-state index is 13.5. The van der Waals surface area contributed by atoms with E-state index in [9.17, 15) is 9.18 Å². The van der Waals surface area contributed by atoms with Gasteiger partial charge in [0, 0.05) is 28.5 Å². The van der Waals surface area contributed by atoms with Crippen LogP contribution in [0, 0.1) is 5.82 Å². The molecule has 5 heteroatoms. The zero-order chi connectivity index (χ0) is 22.1. The second-order valence-electron chi connectivity index (χ2n) is 7.63. The van der Waals surface area contributed by atoms with E-state index in [-0.39, 0.29) is 11.4 Å². The highest BCUT2D eigenvalue weighted by molar-refractivity contribution is 5.98. The summed E-state index contributed by atoms with van der Waals surface area (Å²) in [5, 5.41) is 0.490. The van der Waals surface area contributed by atoms with E-state index in [0.717, 1.165) is 39.1 Å². The maximum Gasteiger partial charge on any atom is 0.257 e. The van der Waals surface area contributed by atoms with Crippen molar-refractivity contribution >= 4 is 10.9 Å². The van der Waals surface area contributed by atoms with Gasteiger partial charge in [-0.3, -0.25) is 4.79 Å². The molecule has 2 heterocycles. The zero-order valence-corrected chi connectivity index (χ0v) is 17.3. The lowest BCUT2D eigenvalue weighted by Crippen LogP contribution is -2.47. The summed E-state index contributed by atoms with van der Waals surface area (Å²) in [6.07, 6.45) is 1.64. The molecule has 0 saturated heterocycles. The number of benzene rings is 3. The molecule has 32 heavy (non-hydrogen) atoms. The summed E-state index contributed by atoms with van der Waals surface area (Å²) in [5.41, 5.74) is 10.6. The number of hydrogen-bond donors (Lipinski definition) is 2. The highest BCUT2D eigenvalue weighted by Crippen LogP contribution is 2.35. The number of aromatic amines is 1. The van der Waals surface area contributed by atoms with Gasteiger partial charge in [-0.2, -0.15) is 0 Å². The van der Waals surface area contributed by atoms with E-state index in [1.54, 1.807) is 18.3 Å². The van der Waals surface area contributed by atoms with Crippen molar-refractivity contribution in [1.82, 2.24) is 9.97 Å². The normalized spacial score (nSPS) is 11.1. The molecule has 0 aliphatic heterocycles. The molecule has 0 unspecified atom stereocenters. The van der Waals surface area contributed by atoms with Gasteiger partial charge in [-0.25, -0.2) is 9.37 Å². The molecule has 156 valence electrons. The fraction of sp³-hybridized carbons (Fsp3) is 0.0370. The van der Waals surface area contributed by atoms with Crippen LogP contribution in [0.5, 0.6) is 0 Å². The van der Waals surface area contributed by atoms with Gasteiger partial charge in [0.1, 0.15) is 5.82 Å². The summed E-state index contributed by atoms with van der Waals surface area (Å²) >= 11 is 0. The Morgan fingerprint density at radius 3 is 2.16 bits per heavy atom. The Bertz CT molecular complexity index is 1460.